The van der Waals surface area contributed by atoms with Crippen LogP contribution in [0.15, 0.2) is 0 Å². The third-order valence-corrected chi connectivity index (χ3v) is 4.54. The smallest absolute Gasteiger partial charge is 0.148 e. The monoisotopic (exact) mass is 231 g/mol. The van der Waals surface area contributed by atoms with Crippen LogP contribution >= 0.6 is 23.5 Å². The van der Waals surface area contributed by atoms with Crippen LogP contribution in [0.25, 0.3) is 0 Å². The summed E-state index contributed by atoms with van der Waals surface area (Å²) in [6, 6.07) is 2.35. The Morgan fingerprint density at radius 1 is 1.36 bits per heavy atom. The molecule has 0 aromatic heterocycles. The summed E-state index contributed by atoms with van der Waals surface area (Å²) in [7, 11) is 0. The van der Waals surface area contributed by atoms with Crippen LogP contribution in [-0.2, 0) is 4.79 Å². The fourth-order valence-corrected chi connectivity index (χ4v) is 3.71. The van der Waals surface area contributed by atoms with Crippen molar-refractivity contribution in [2.24, 2.45) is 0 Å². The lowest BCUT2D eigenvalue weighted by Crippen LogP contribution is -2.19. The lowest BCUT2D eigenvalue weighted by atomic mass is 10.2. The van der Waals surface area contributed by atoms with E-state index >= 15 is 0 Å². The van der Waals surface area contributed by atoms with Crippen molar-refractivity contribution >= 4 is 29.3 Å². The fraction of sp³-hybridized carbons (Fsp3) is 0.800. The van der Waals surface area contributed by atoms with E-state index in [1.54, 1.807) is 30.4 Å². The molecule has 0 aliphatic rings. The van der Waals surface area contributed by atoms with Gasteiger partial charge in [0.1, 0.15) is 9.86 Å². The largest absolute Gasteiger partial charge is 0.300 e. The van der Waals surface area contributed by atoms with Crippen LogP contribution in [0.1, 0.15) is 33.6 Å². The molecule has 0 fully saturated rings. The van der Waals surface area contributed by atoms with Crippen LogP contribution in [-0.4, -0.2) is 21.4 Å². The fourth-order valence-electron chi connectivity index (χ4n) is 1.11. The van der Waals surface area contributed by atoms with E-state index in [2.05, 4.69) is 6.07 Å². The van der Waals surface area contributed by atoms with Gasteiger partial charge in [-0.1, -0.05) is 13.8 Å². The van der Waals surface area contributed by atoms with Crippen molar-refractivity contribution in [1.29, 1.82) is 5.26 Å². The molecule has 0 saturated carbocycles. The molecule has 0 atom stereocenters. The maximum absolute atomic E-state index is 10.9. The van der Waals surface area contributed by atoms with Gasteiger partial charge in [-0.2, -0.15) is 5.26 Å². The summed E-state index contributed by atoms with van der Waals surface area (Å²) < 4.78 is -0.408. The van der Waals surface area contributed by atoms with E-state index in [1.165, 1.54) is 0 Å². The van der Waals surface area contributed by atoms with Crippen LogP contribution in [0.3, 0.4) is 0 Å². The second-order valence-electron chi connectivity index (χ2n) is 2.93. The zero-order chi connectivity index (χ0) is 11.0. The molecule has 0 rings (SSSR count). The van der Waals surface area contributed by atoms with E-state index in [0.717, 1.165) is 11.5 Å². The third kappa shape index (κ3) is 4.92. The maximum atomic E-state index is 10.9. The van der Waals surface area contributed by atoms with E-state index in [4.69, 9.17) is 5.26 Å². The Kier molecular flexibility index (Phi) is 7.12. The molecule has 0 unspecified atom stereocenters. The van der Waals surface area contributed by atoms with E-state index < -0.39 is 4.08 Å². The number of Topliss-reactive ketones (excluding diaryl/α,β-unsaturated/α-hetero) is 1. The quantitative estimate of drug-likeness (QED) is 0.631. The van der Waals surface area contributed by atoms with Crippen LogP contribution in [0.4, 0.5) is 0 Å². The Balaban J connectivity index is 4.34. The van der Waals surface area contributed by atoms with Crippen molar-refractivity contribution in [2.45, 2.75) is 37.7 Å². The lowest BCUT2D eigenvalue weighted by Gasteiger charge is -2.23. The molecule has 0 radical (unpaired) electrons. The number of thioether (sulfide) groups is 2. The van der Waals surface area contributed by atoms with Gasteiger partial charge in [-0.15, -0.1) is 23.5 Å². The van der Waals surface area contributed by atoms with Gasteiger partial charge in [0.25, 0.3) is 0 Å². The Labute approximate surface area is 94.8 Å². The highest BCUT2D eigenvalue weighted by atomic mass is 32.2. The molecular weight excluding hydrogens is 214 g/mol. The Morgan fingerprint density at radius 2 is 1.86 bits per heavy atom. The van der Waals surface area contributed by atoms with Crippen LogP contribution < -0.4 is 0 Å². The van der Waals surface area contributed by atoms with Gasteiger partial charge < -0.3 is 4.79 Å². The van der Waals surface area contributed by atoms with E-state index in [9.17, 15) is 4.79 Å². The predicted octanol–water partition coefficient (Wildman–Crippen LogP) is 3.08. The highest BCUT2D eigenvalue weighted by Gasteiger charge is 2.29. The molecule has 0 aliphatic heterocycles. The molecule has 4 heteroatoms. The highest BCUT2D eigenvalue weighted by molar-refractivity contribution is 8.18. The first-order chi connectivity index (χ1) is 6.60. The average molecular weight is 231 g/mol. The van der Waals surface area contributed by atoms with Gasteiger partial charge in [0.05, 0.1) is 6.07 Å². The number of hydrogen-bond acceptors (Lipinski definition) is 4. The first-order valence-electron chi connectivity index (χ1n) is 4.78. The topological polar surface area (TPSA) is 40.9 Å². The molecule has 0 bridgehead atoms. The molecular formula is C10H17NOS2. The van der Waals surface area contributed by atoms with Gasteiger partial charge in [0, 0.05) is 6.42 Å². The van der Waals surface area contributed by atoms with Crippen molar-refractivity contribution in [3.8, 4) is 6.07 Å². The second kappa shape index (κ2) is 7.19. The molecule has 0 aromatic carbocycles. The normalized spacial score (nSPS) is 11.0. The predicted molar refractivity (Wildman–Crippen MR) is 64.5 cm³/mol. The number of hydrogen-bond donors (Lipinski definition) is 0. The standard InChI is InChI=1S/C10H17NOS2/c1-4-13-10(8-11,14-5-2)7-6-9(3)12/h4-7H2,1-3H3. The first-order valence-corrected chi connectivity index (χ1v) is 6.76. The maximum Gasteiger partial charge on any atom is 0.148 e. The van der Waals surface area contributed by atoms with Gasteiger partial charge in [0.2, 0.25) is 0 Å². The number of carbonyl (C=O) groups excluding carboxylic acids is 1. The van der Waals surface area contributed by atoms with Gasteiger partial charge >= 0.3 is 0 Å². The number of nitriles is 1. The summed E-state index contributed by atoms with van der Waals surface area (Å²) >= 11 is 3.28. The molecule has 2 nitrogen and oxygen atoms in total. The van der Waals surface area contributed by atoms with Gasteiger partial charge in [-0.3, -0.25) is 0 Å². The molecule has 0 saturated heterocycles. The van der Waals surface area contributed by atoms with E-state index in [-0.39, 0.29) is 5.78 Å². The van der Waals surface area contributed by atoms with E-state index in [1.807, 2.05) is 13.8 Å². The summed E-state index contributed by atoms with van der Waals surface area (Å²) in [5, 5.41) is 9.15. The Morgan fingerprint density at radius 3 is 2.14 bits per heavy atom. The number of nitrogens with zero attached hydrogens (tertiary/aromatic N) is 1. The SMILES string of the molecule is CCSC(C#N)(CCC(C)=O)SCC. The highest BCUT2D eigenvalue weighted by Crippen LogP contribution is 2.40. The molecule has 14 heavy (non-hydrogen) atoms. The molecule has 0 heterocycles. The van der Waals surface area contributed by atoms with Gasteiger partial charge in [-0.25, -0.2) is 0 Å². The minimum absolute atomic E-state index is 0.165. The molecule has 0 amide bonds. The van der Waals surface area contributed by atoms with Crippen molar-refractivity contribution in [3.05, 3.63) is 0 Å². The summed E-state index contributed by atoms with van der Waals surface area (Å²) in [6.07, 6.45) is 1.17. The summed E-state index contributed by atoms with van der Waals surface area (Å²) in [5.41, 5.74) is 0. The van der Waals surface area contributed by atoms with Crippen LogP contribution in [0.5, 0.6) is 0 Å². The van der Waals surface area contributed by atoms with Crippen molar-refractivity contribution in [2.75, 3.05) is 11.5 Å². The first kappa shape index (κ1) is 13.9. The third-order valence-electron chi connectivity index (χ3n) is 1.73. The van der Waals surface area contributed by atoms with Crippen LogP contribution in [0, 0.1) is 11.3 Å². The minimum atomic E-state index is -0.408. The summed E-state index contributed by atoms with van der Waals surface area (Å²) in [5.74, 6) is 2.00. The summed E-state index contributed by atoms with van der Waals surface area (Å²) in [6.45, 7) is 5.66. The zero-order valence-corrected chi connectivity index (χ0v) is 10.6. The molecule has 0 aliphatic carbocycles. The molecule has 80 valence electrons. The van der Waals surface area contributed by atoms with Gasteiger partial charge in [-0.05, 0) is 24.9 Å². The molecule has 0 spiro atoms. The lowest BCUT2D eigenvalue weighted by molar-refractivity contribution is -0.117. The summed E-state index contributed by atoms with van der Waals surface area (Å²) in [4.78, 5) is 10.9. The van der Waals surface area contributed by atoms with E-state index in [0.29, 0.717) is 12.8 Å². The Bertz CT molecular complexity index is 217. The van der Waals surface area contributed by atoms with Crippen molar-refractivity contribution in [1.82, 2.24) is 0 Å². The number of ketones is 1. The Hall–Kier alpha value is -0.140. The van der Waals surface area contributed by atoms with Crippen molar-refractivity contribution in [3.63, 3.8) is 0 Å². The zero-order valence-electron chi connectivity index (χ0n) is 9.00. The van der Waals surface area contributed by atoms with Crippen molar-refractivity contribution < 1.29 is 4.79 Å². The average Bonchev–Trinajstić information content (AvgIpc) is 2.15. The van der Waals surface area contributed by atoms with Gasteiger partial charge in [0.15, 0.2) is 0 Å². The molecule has 0 N–H and O–H groups in total. The number of rotatable bonds is 7. The second-order valence-corrected chi connectivity index (χ2v) is 6.32. The van der Waals surface area contributed by atoms with Crippen LogP contribution in [0.2, 0.25) is 0 Å². The molecule has 0 aromatic rings. The minimum Gasteiger partial charge on any atom is -0.300 e. The number of carbonyl (C=O) groups is 1.